The van der Waals surface area contributed by atoms with Crippen LogP contribution in [0.25, 0.3) is 0 Å². The summed E-state index contributed by atoms with van der Waals surface area (Å²) in [5, 5.41) is 5.25. The molecule has 1 saturated heterocycles. The third-order valence-corrected chi connectivity index (χ3v) is 3.80. The number of ether oxygens (including phenoxy) is 2. The number of benzene rings is 1. The van der Waals surface area contributed by atoms with Gasteiger partial charge in [0.15, 0.2) is 0 Å². The summed E-state index contributed by atoms with van der Waals surface area (Å²) in [7, 11) is 3.00. The van der Waals surface area contributed by atoms with Crippen LogP contribution in [-0.4, -0.2) is 49.6 Å². The fraction of sp³-hybridized carbons (Fsp3) is 0.471. The Morgan fingerprint density at radius 1 is 1.28 bits per heavy atom. The number of carbonyl (C=O) groups excluding carboxylic acids is 3. The van der Waals surface area contributed by atoms with Crippen LogP contribution in [0.4, 0.5) is 10.5 Å². The number of nitrogens with one attached hydrogen (secondary N) is 2. The van der Waals surface area contributed by atoms with Gasteiger partial charge in [0.05, 0.1) is 19.9 Å². The van der Waals surface area contributed by atoms with Gasteiger partial charge in [-0.2, -0.15) is 0 Å². The van der Waals surface area contributed by atoms with Crippen molar-refractivity contribution >= 4 is 23.5 Å². The fourth-order valence-corrected chi connectivity index (χ4v) is 2.59. The average Bonchev–Trinajstić information content (AvgIpc) is 2.82. The van der Waals surface area contributed by atoms with Crippen LogP contribution in [0, 0.1) is 5.92 Å². The third-order valence-electron chi connectivity index (χ3n) is 3.80. The van der Waals surface area contributed by atoms with Gasteiger partial charge in [0.25, 0.3) is 5.91 Å². The van der Waals surface area contributed by atoms with Gasteiger partial charge >= 0.3 is 6.03 Å². The molecule has 0 radical (unpaired) electrons. The predicted molar refractivity (Wildman–Crippen MR) is 91.7 cm³/mol. The molecule has 1 fully saturated rings. The second-order valence-corrected chi connectivity index (χ2v) is 6.17. The molecule has 1 aliphatic rings. The highest BCUT2D eigenvalue weighted by Gasteiger charge is 2.39. The molecule has 4 amide bonds. The number of nitrogens with zero attached hydrogens (tertiary/aromatic N) is 1. The van der Waals surface area contributed by atoms with Crippen molar-refractivity contribution in [3.63, 3.8) is 0 Å². The topological polar surface area (TPSA) is 97.0 Å². The molecule has 0 spiro atoms. The van der Waals surface area contributed by atoms with Crippen LogP contribution in [0.2, 0.25) is 0 Å². The Labute approximate surface area is 146 Å². The monoisotopic (exact) mass is 349 g/mol. The molecule has 0 unspecified atom stereocenters. The van der Waals surface area contributed by atoms with Crippen molar-refractivity contribution in [3.05, 3.63) is 18.2 Å². The van der Waals surface area contributed by atoms with Gasteiger partial charge in [0.2, 0.25) is 5.91 Å². The zero-order chi connectivity index (χ0) is 18.6. The summed E-state index contributed by atoms with van der Waals surface area (Å²) in [6, 6.07) is 3.80. The summed E-state index contributed by atoms with van der Waals surface area (Å²) in [6.07, 6.45) is 0.537. The van der Waals surface area contributed by atoms with Crippen LogP contribution in [0.5, 0.6) is 11.5 Å². The number of methoxy groups -OCH3 is 2. The number of urea groups is 1. The minimum absolute atomic E-state index is 0.256. The Bertz CT molecular complexity index is 674. The molecule has 0 saturated carbocycles. The van der Waals surface area contributed by atoms with Gasteiger partial charge in [-0.1, -0.05) is 13.8 Å². The molecule has 2 rings (SSSR count). The van der Waals surface area contributed by atoms with Crippen LogP contribution in [0.3, 0.4) is 0 Å². The van der Waals surface area contributed by atoms with Crippen LogP contribution in [-0.2, 0) is 9.59 Å². The summed E-state index contributed by atoms with van der Waals surface area (Å²) in [5.41, 5.74) is 0.430. The molecular weight excluding hydrogens is 326 g/mol. The lowest BCUT2D eigenvalue weighted by atomic mass is 10.0. The zero-order valence-corrected chi connectivity index (χ0v) is 14.8. The first-order chi connectivity index (χ1) is 11.8. The Hall–Kier alpha value is -2.77. The largest absolute Gasteiger partial charge is 0.497 e. The molecule has 0 aromatic heterocycles. The van der Waals surface area contributed by atoms with E-state index in [1.165, 1.54) is 14.2 Å². The van der Waals surface area contributed by atoms with Gasteiger partial charge in [0.1, 0.15) is 24.1 Å². The van der Waals surface area contributed by atoms with Crippen LogP contribution in [0.1, 0.15) is 20.3 Å². The van der Waals surface area contributed by atoms with E-state index in [2.05, 4.69) is 10.6 Å². The van der Waals surface area contributed by atoms with Crippen molar-refractivity contribution < 1.29 is 23.9 Å². The van der Waals surface area contributed by atoms with Crippen molar-refractivity contribution in [2.24, 2.45) is 5.92 Å². The number of hydrogen-bond donors (Lipinski definition) is 2. The minimum Gasteiger partial charge on any atom is -0.497 e. The minimum atomic E-state index is -0.573. The maximum absolute atomic E-state index is 12.3. The Morgan fingerprint density at radius 3 is 2.60 bits per heavy atom. The average molecular weight is 349 g/mol. The van der Waals surface area contributed by atoms with Crippen molar-refractivity contribution in [3.8, 4) is 11.5 Å². The number of amides is 4. The second kappa shape index (κ2) is 7.87. The van der Waals surface area contributed by atoms with E-state index in [1.807, 2.05) is 13.8 Å². The predicted octanol–water partition coefficient (Wildman–Crippen LogP) is 1.61. The van der Waals surface area contributed by atoms with Gasteiger partial charge < -0.3 is 20.1 Å². The second-order valence-electron chi connectivity index (χ2n) is 6.17. The molecule has 1 aliphatic heterocycles. The van der Waals surface area contributed by atoms with Crippen LogP contribution < -0.4 is 20.1 Å². The summed E-state index contributed by atoms with van der Waals surface area (Å²) < 4.78 is 10.3. The Kier molecular flexibility index (Phi) is 5.84. The molecular formula is C17H23N3O5. The molecule has 0 bridgehead atoms. The van der Waals surface area contributed by atoms with E-state index in [0.717, 1.165) is 4.90 Å². The van der Waals surface area contributed by atoms with E-state index >= 15 is 0 Å². The van der Waals surface area contributed by atoms with Crippen LogP contribution in [0.15, 0.2) is 18.2 Å². The highest BCUT2D eigenvalue weighted by Crippen LogP contribution is 2.29. The highest BCUT2D eigenvalue weighted by atomic mass is 16.5. The maximum Gasteiger partial charge on any atom is 0.325 e. The molecule has 1 aromatic rings. The number of imide groups is 1. The molecule has 25 heavy (non-hydrogen) atoms. The van der Waals surface area contributed by atoms with E-state index in [9.17, 15) is 14.4 Å². The molecule has 8 heteroatoms. The first-order valence-corrected chi connectivity index (χ1v) is 7.99. The summed E-state index contributed by atoms with van der Waals surface area (Å²) in [5.74, 6) is 0.391. The molecule has 136 valence electrons. The lowest BCUT2D eigenvalue weighted by Crippen LogP contribution is -2.38. The third kappa shape index (κ3) is 4.40. The Balaban J connectivity index is 2.03. The lowest BCUT2D eigenvalue weighted by molar-refractivity contribution is -0.131. The normalized spacial score (nSPS) is 16.8. The number of anilines is 1. The van der Waals surface area contributed by atoms with Gasteiger partial charge in [-0.25, -0.2) is 4.79 Å². The van der Waals surface area contributed by atoms with Gasteiger partial charge in [-0.3, -0.25) is 14.5 Å². The maximum atomic E-state index is 12.3. The molecule has 8 nitrogen and oxygen atoms in total. The SMILES string of the molecule is COc1ccc(NC(=O)CN2C(=O)N[C@@H](CC(C)C)C2=O)c(OC)c1. The Morgan fingerprint density at radius 2 is 2.00 bits per heavy atom. The number of rotatable bonds is 7. The first-order valence-electron chi connectivity index (χ1n) is 7.99. The molecule has 1 heterocycles. The van der Waals surface area contributed by atoms with E-state index in [0.29, 0.717) is 23.6 Å². The smallest absolute Gasteiger partial charge is 0.325 e. The van der Waals surface area contributed by atoms with Gasteiger partial charge in [-0.15, -0.1) is 0 Å². The zero-order valence-electron chi connectivity index (χ0n) is 14.8. The van der Waals surface area contributed by atoms with Crippen molar-refractivity contribution in [1.29, 1.82) is 0 Å². The summed E-state index contributed by atoms with van der Waals surface area (Å²) >= 11 is 0. The standard InChI is InChI=1S/C17H23N3O5/c1-10(2)7-13-16(22)20(17(23)19-13)9-15(21)18-12-6-5-11(24-3)8-14(12)25-4/h5-6,8,10,13H,7,9H2,1-4H3,(H,18,21)(H,19,23)/t13-/m0/s1. The van der Waals surface area contributed by atoms with Crippen molar-refractivity contribution in [2.45, 2.75) is 26.3 Å². The van der Waals surface area contributed by atoms with E-state index in [4.69, 9.17) is 9.47 Å². The molecule has 0 aliphatic carbocycles. The van der Waals surface area contributed by atoms with Crippen LogP contribution >= 0.6 is 0 Å². The van der Waals surface area contributed by atoms with E-state index in [1.54, 1.807) is 18.2 Å². The quantitative estimate of drug-likeness (QED) is 0.729. The van der Waals surface area contributed by atoms with Gasteiger partial charge in [0, 0.05) is 6.07 Å². The molecule has 2 N–H and O–H groups in total. The number of hydrogen-bond acceptors (Lipinski definition) is 5. The van der Waals surface area contributed by atoms with Crippen molar-refractivity contribution in [1.82, 2.24) is 10.2 Å². The highest BCUT2D eigenvalue weighted by molar-refractivity contribution is 6.08. The molecule has 1 atom stereocenters. The molecule has 1 aromatic carbocycles. The fourth-order valence-electron chi connectivity index (χ4n) is 2.59. The van der Waals surface area contributed by atoms with Gasteiger partial charge in [-0.05, 0) is 24.5 Å². The lowest BCUT2D eigenvalue weighted by Gasteiger charge is -2.15. The first kappa shape index (κ1) is 18.6. The number of carbonyl (C=O) groups is 3. The summed E-state index contributed by atoms with van der Waals surface area (Å²) in [4.78, 5) is 37.4. The summed E-state index contributed by atoms with van der Waals surface area (Å²) in [6.45, 7) is 3.57. The van der Waals surface area contributed by atoms with Crippen molar-refractivity contribution in [2.75, 3.05) is 26.1 Å². The van der Waals surface area contributed by atoms with E-state index in [-0.39, 0.29) is 18.4 Å². The van der Waals surface area contributed by atoms with E-state index < -0.39 is 18.0 Å².